The van der Waals surface area contributed by atoms with E-state index in [4.69, 9.17) is 4.74 Å². The highest BCUT2D eigenvalue weighted by Crippen LogP contribution is 2.05. The summed E-state index contributed by atoms with van der Waals surface area (Å²) < 4.78 is 10.0. The molecule has 0 radical (unpaired) electrons. The van der Waals surface area contributed by atoms with Crippen molar-refractivity contribution in [2.45, 2.75) is 52.7 Å². The Morgan fingerprint density at radius 2 is 1.87 bits per heavy atom. The lowest BCUT2D eigenvalue weighted by atomic mass is 10.2. The molecule has 0 aliphatic rings. The van der Waals surface area contributed by atoms with Crippen LogP contribution in [0.1, 0.15) is 51.9 Å². The van der Waals surface area contributed by atoms with Gasteiger partial charge in [0.2, 0.25) is 0 Å². The third kappa shape index (κ3) is 13.4. The first-order valence-corrected chi connectivity index (χ1v) is 7.49. The van der Waals surface area contributed by atoms with Crippen LogP contribution in [0.4, 0.5) is 0 Å². The zero-order valence-electron chi connectivity index (χ0n) is 14.9. The Morgan fingerprint density at radius 3 is 2.26 bits per heavy atom. The number of nitrogens with one attached hydrogen (secondary N) is 1. The van der Waals surface area contributed by atoms with Gasteiger partial charge >= 0.3 is 0 Å². The van der Waals surface area contributed by atoms with Crippen molar-refractivity contribution in [3.8, 4) is 0 Å². The highest BCUT2D eigenvalue weighted by atomic mass is 16.5. The Hall–Kier alpha value is -1.95. The zero-order valence-corrected chi connectivity index (χ0v) is 14.9. The normalized spacial score (nSPS) is 11.0. The maximum absolute atomic E-state index is 11.6. The maximum Gasteiger partial charge on any atom is 0.293 e. The van der Waals surface area contributed by atoms with E-state index in [9.17, 15) is 9.59 Å². The van der Waals surface area contributed by atoms with Crippen molar-refractivity contribution < 1.29 is 19.1 Å². The molecule has 23 heavy (non-hydrogen) atoms. The fraction of sp³-hybridized carbons (Fsp3) is 0.588. The van der Waals surface area contributed by atoms with E-state index < -0.39 is 0 Å². The van der Waals surface area contributed by atoms with Crippen molar-refractivity contribution in [3.63, 3.8) is 0 Å². The number of rotatable bonds is 5. The van der Waals surface area contributed by atoms with E-state index in [1.54, 1.807) is 24.5 Å². The number of ether oxygens (including phenoxy) is 2. The van der Waals surface area contributed by atoms with Crippen LogP contribution in [0.5, 0.6) is 0 Å². The molecule has 0 aliphatic carbocycles. The summed E-state index contributed by atoms with van der Waals surface area (Å²) in [6.45, 7) is 12.9. The van der Waals surface area contributed by atoms with E-state index in [0.717, 1.165) is 0 Å². The van der Waals surface area contributed by atoms with Crippen molar-refractivity contribution in [3.05, 3.63) is 30.1 Å². The lowest BCUT2D eigenvalue weighted by Gasteiger charge is -2.19. The summed E-state index contributed by atoms with van der Waals surface area (Å²) in [7, 11) is 0. The third-order valence-corrected chi connectivity index (χ3v) is 2.25. The summed E-state index contributed by atoms with van der Waals surface area (Å²) in [4.78, 5) is 25.0. The predicted octanol–water partition coefficient (Wildman–Crippen LogP) is 2.58. The lowest BCUT2D eigenvalue weighted by molar-refractivity contribution is -0.138. The molecular weight excluding hydrogens is 296 g/mol. The number of amides is 1. The second kappa shape index (κ2) is 9.94. The number of aromatic nitrogens is 1. The minimum atomic E-state index is -0.318. The summed E-state index contributed by atoms with van der Waals surface area (Å²) in [5, 5.41) is 2.77. The van der Waals surface area contributed by atoms with Gasteiger partial charge in [0.15, 0.2) is 0 Å². The van der Waals surface area contributed by atoms with Crippen molar-refractivity contribution in [2.75, 3.05) is 13.2 Å². The summed E-state index contributed by atoms with van der Waals surface area (Å²) in [5.41, 5.74) is 0.0825. The van der Waals surface area contributed by atoms with Gasteiger partial charge in [-0.2, -0.15) is 0 Å². The quantitative estimate of drug-likeness (QED) is 0.665. The highest BCUT2D eigenvalue weighted by molar-refractivity contribution is 5.93. The molecule has 0 aromatic carbocycles. The van der Waals surface area contributed by atoms with Crippen molar-refractivity contribution in [1.29, 1.82) is 0 Å². The molecule has 0 saturated heterocycles. The number of hydrogen-bond donors (Lipinski definition) is 1. The van der Waals surface area contributed by atoms with Crippen LogP contribution in [0, 0.1) is 0 Å². The summed E-state index contributed by atoms with van der Waals surface area (Å²) in [6, 6.07) is 3.47. The summed E-state index contributed by atoms with van der Waals surface area (Å²) >= 11 is 0. The first-order chi connectivity index (χ1) is 10.5. The SMILES string of the molecule is CC(C)(C)OC=O.CC(C)(C)OCCNC(=O)c1cccnc1. The molecule has 6 nitrogen and oxygen atoms in total. The fourth-order valence-electron chi connectivity index (χ4n) is 1.27. The average Bonchev–Trinajstić information content (AvgIpc) is 2.43. The van der Waals surface area contributed by atoms with Gasteiger partial charge in [0.1, 0.15) is 5.60 Å². The molecule has 0 aliphatic heterocycles. The van der Waals surface area contributed by atoms with E-state index >= 15 is 0 Å². The molecule has 0 saturated carbocycles. The number of carbonyl (C=O) groups is 2. The van der Waals surface area contributed by atoms with Crippen LogP contribution in [-0.4, -0.2) is 41.7 Å². The molecule has 1 amide bonds. The monoisotopic (exact) mass is 324 g/mol. The van der Waals surface area contributed by atoms with Crippen LogP contribution in [0.15, 0.2) is 24.5 Å². The molecule has 6 heteroatoms. The average molecular weight is 324 g/mol. The van der Waals surface area contributed by atoms with Crippen molar-refractivity contribution in [1.82, 2.24) is 10.3 Å². The van der Waals surface area contributed by atoms with E-state index in [2.05, 4.69) is 15.0 Å². The standard InChI is InChI=1S/C12H18N2O2.C5H10O2/c1-12(2,3)16-8-7-14-11(15)10-5-4-6-13-9-10;1-5(2,3)7-4-6/h4-6,9H,7-8H2,1-3H3,(H,14,15);4H,1-3H3. The zero-order chi connectivity index (χ0) is 17.9. The summed E-state index contributed by atoms with van der Waals surface area (Å²) in [6.07, 6.45) is 3.18. The third-order valence-electron chi connectivity index (χ3n) is 2.25. The molecule has 0 unspecified atom stereocenters. The van der Waals surface area contributed by atoms with Gasteiger partial charge in [-0.1, -0.05) is 0 Å². The molecule has 1 heterocycles. The van der Waals surface area contributed by atoms with Crippen LogP contribution < -0.4 is 5.32 Å². The maximum atomic E-state index is 11.6. The van der Waals surface area contributed by atoms with Gasteiger partial charge in [-0.05, 0) is 53.7 Å². The molecule has 0 fully saturated rings. The van der Waals surface area contributed by atoms with Gasteiger partial charge in [0.25, 0.3) is 12.4 Å². The predicted molar refractivity (Wildman–Crippen MR) is 89.2 cm³/mol. The second-order valence-electron chi connectivity index (χ2n) is 6.78. The van der Waals surface area contributed by atoms with Crippen LogP contribution >= 0.6 is 0 Å². The number of hydrogen-bond acceptors (Lipinski definition) is 5. The molecule has 0 spiro atoms. The Labute approximate surface area is 138 Å². The Balaban J connectivity index is 0.000000585. The first kappa shape index (κ1) is 21.0. The van der Waals surface area contributed by atoms with E-state index in [1.807, 2.05) is 41.5 Å². The molecule has 1 aromatic rings. The van der Waals surface area contributed by atoms with Crippen LogP contribution in [0.2, 0.25) is 0 Å². The van der Waals surface area contributed by atoms with Crippen molar-refractivity contribution in [2.24, 2.45) is 0 Å². The van der Waals surface area contributed by atoms with Crippen LogP contribution in [0.3, 0.4) is 0 Å². The van der Waals surface area contributed by atoms with Gasteiger partial charge in [-0.3, -0.25) is 14.6 Å². The number of carbonyl (C=O) groups excluding carboxylic acids is 2. The molecule has 0 atom stereocenters. The Bertz CT molecular complexity index is 462. The Kier molecular flexibility index (Phi) is 9.10. The number of pyridine rings is 1. The van der Waals surface area contributed by atoms with Gasteiger partial charge in [-0.15, -0.1) is 0 Å². The molecule has 0 bridgehead atoms. The topological polar surface area (TPSA) is 77.5 Å². The molecule has 1 aromatic heterocycles. The van der Waals surface area contributed by atoms with Crippen LogP contribution in [0.25, 0.3) is 0 Å². The molecular formula is C17H28N2O4. The smallest absolute Gasteiger partial charge is 0.293 e. The lowest BCUT2D eigenvalue weighted by Crippen LogP contribution is -2.30. The van der Waals surface area contributed by atoms with E-state index in [0.29, 0.717) is 25.2 Å². The second-order valence-corrected chi connectivity index (χ2v) is 6.78. The Morgan fingerprint density at radius 1 is 1.22 bits per heavy atom. The van der Waals surface area contributed by atoms with E-state index in [-0.39, 0.29) is 17.1 Å². The van der Waals surface area contributed by atoms with Crippen molar-refractivity contribution >= 4 is 12.4 Å². The first-order valence-electron chi connectivity index (χ1n) is 7.49. The largest absolute Gasteiger partial charge is 0.462 e. The van der Waals surface area contributed by atoms with E-state index in [1.165, 1.54) is 0 Å². The summed E-state index contributed by atoms with van der Waals surface area (Å²) in [5.74, 6) is -0.120. The minimum Gasteiger partial charge on any atom is -0.462 e. The van der Waals surface area contributed by atoms with Gasteiger partial charge in [-0.25, -0.2) is 0 Å². The minimum absolute atomic E-state index is 0.120. The highest BCUT2D eigenvalue weighted by Gasteiger charge is 2.10. The molecule has 1 N–H and O–H groups in total. The van der Waals surface area contributed by atoms with Crippen LogP contribution in [-0.2, 0) is 14.3 Å². The van der Waals surface area contributed by atoms with Gasteiger partial charge in [0.05, 0.1) is 17.8 Å². The van der Waals surface area contributed by atoms with Gasteiger partial charge < -0.3 is 14.8 Å². The molecule has 130 valence electrons. The fourth-order valence-corrected chi connectivity index (χ4v) is 1.27. The van der Waals surface area contributed by atoms with Gasteiger partial charge in [0, 0.05) is 18.9 Å². The molecule has 1 rings (SSSR count). The number of nitrogens with zero attached hydrogens (tertiary/aromatic N) is 1.